The van der Waals surface area contributed by atoms with Crippen LogP contribution in [0.5, 0.6) is 0 Å². The Bertz CT molecular complexity index is 1070. The number of nitrogens with zero attached hydrogens (tertiary/aromatic N) is 3. The quantitative estimate of drug-likeness (QED) is 0.693. The molecular weight excluding hydrogens is 389 g/mol. The van der Waals surface area contributed by atoms with Gasteiger partial charge in [-0.1, -0.05) is 12.1 Å². The van der Waals surface area contributed by atoms with Crippen LogP contribution in [0.4, 0.5) is 18.3 Å². The topological polar surface area (TPSA) is 78.7 Å². The third kappa shape index (κ3) is 4.53. The Labute approximate surface area is 162 Å². The number of nitriles is 1. The predicted molar refractivity (Wildman–Crippen MR) is 98.0 cm³/mol. The van der Waals surface area contributed by atoms with Gasteiger partial charge in [-0.3, -0.25) is 10.1 Å². The molecule has 0 bridgehead atoms. The highest BCUT2D eigenvalue weighted by molar-refractivity contribution is 7.15. The van der Waals surface area contributed by atoms with Crippen molar-refractivity contribution in [3.05, 3.63) is 75.6 Å². The van der Waals surface area contributed by atoms with Crippen molar-refractivity contribution in [1.29, 1.82) is 5.26 Å². The van der Waals surface area contributed by atoms with Gasteiger partial charge in [0.25, 0.3) is 5.91 Å². The molecule has 28 heavy (non-hydrogen) atoms. The van der Waals surface area contributed by atoms with Gasteiger partial charge in [0.2, 0.25) is 0 Å². The highest BCUT2D eigenvalue weighted by atomic mass is 32.1. The van der Waals surface area contributed by atoms with E-state index in [4.69, 9.17) is 5.26 Å². The first-order valence-electron chi connectivity index (χ1n) is 8.06. The molecule has 1 N–H and O–H groups in total. The fraction of sp³-hybridized carbons (Fsp3) is 0.158. The predicted octanol–water partition coefficient (Wildman–Crippen LogP) is 4.58. The number of pyridine rings is 1. The molecule has 0 atom stereocenters. The van der Waals surface area contributed by atoms with Gasteiger partial charge in [-0.2, -0.15) is 18.4 Å². The Kier molecular flexibility index (Phi) is 5.42. The number of carbonyl (C=O) groups excluding carboxylic acids is 1. The molecular formula is C19H13F3N4OS. The lowest BCUT2D eigenvalue weighted by Gasteiger charge is -2.12. The summed E-state index contributed by atoms with van der Waals surface area (Å²) in [5, 5.41) is 11.7. The Balaban J connectivity index is 1.78. The van der Waals surface area contributed by atoms with Crippen LogP contribution in [0.2, 0.25) is 0 Å². The van der Waals surface area contributed by atoms with Crippen LogP contribution in [0.25, 0.3) is 0 Å². The molecule has 3 aromatic rings. The SMILES string of the molecule is Cc1cccc(C(=O)Nc2ncc(Cc3ccc(C#N)cc3C(F)(F)F)s2)n1. The smallest absolute Gasteiger partial charge is 0.296 e. The molecule has 142 valence electrons. The zero-order valence-corrected chi connectivity index (χ0v) is 15.4. The van der Waals surface area contributed by atoms with Gasteiger partial charge in [0.1, 0.15) is 5.69 Å². The molecule has 3 rings (SSSR count). The van der Waals surface area contributed by atoms with Crippen LogP contribution >= 0.6 is 11.3 Å². The van der Waals surface area contributed by atoms with Crippen molar-refractivity contribution in [1.82, 2.24) is 9.97 Å². The van der Waals surface area contributed by atoms with E-state index in [0.717, 1.165) is 17.4 Å². The van der Waals surface area contributed by atoms with Crippen LogP contribution in [-0.4, -0.2) is 15.9 Å². The van der Waals surface area contributed by atoms with E-state index in [9.17, 15) is 18.0 Å². The second-order valence-electron chi connectivity index (χ2n) is 5.91. The number of rotatable bonds is 4. The lowest BCUT2D eigenvalue weighted by molar-refractivity contribution is -0.138. The van der Waals surface area contributed by atoms with Gasteiger partial charge in [0.05, 0.1) is 17.2 Å². The molecule has 0 aliphatic rings. The zero-order chi connectivity index (χ0) is 20.3. The molecule has 2 heterocycles. The van der Waals surface area contributed by atoms with E-state index in [-0.39, 0.29) is 28.4 Å². The van der Waals surface area contributed by atoms with E-state index in [1.165, 1.54) is 18.3 Å². The van der Waals surface area contributed by atoms with Crippen LogP contribution in [0.3, 0.4) is 0 Å². The molecule has 1 amide bonds. The summed E-state index contributed by atoms with van der Waals surface area (Å²) in [6.45, 7) is 1.76. The highest BCUT2D eigenvalue weighted by Crippen LogP contribution is 2.34. The van der Waals surface area contributed by atoms with Crippen molar-refractivity contribution in [2.75, 3.05) is 5.32 Å². The summed E-state index contributed by atoms with van der Waals surface area (Å²) in [4.78, 5) is 20.9. The van der Waals surface area contributed by atoms with Gasteiger partial charge in [-0.25, -0.2) is 9.97 Å². The molecule has 0 saturated heterocycles. The summed E-state index contributed by atoms with van der Waals surface area (Å²) in [5.41, 5.74) is 0.0398. The lowest BCUT2D eigenvalue weighted by Crippen LogP contribution is -2.13. The summed E-state index contributed by atoms with van der Waals surface area (Å²) in [5.74, 6) is -0.445. The summed E-state index contributed by atoms with van der Waals surface area (Å²) >= 11 is 1.08. The van der Waals surface area contributed by atoms with Crippen molar-refractivity contribution in [2.45, 2.75) is 19.5 Å². The van der Waals surface area contributed by atoms with Gasteiger partial charge < -0.3 is 0 Å². The average Bonchev–Trinajstić information content (AvgIpc) is 3.08. The fourth-order valence-electron chi connectivity index (χ4n) is 2.53. The number of anilines is 1. The molecule has 0 unspecified atom stereocenters. The summed E-state index contributed by atoms with van der Waals surface area (Å²) < 4.78 is 39.8. The molecule has 5 nitrogen and oxygen atoms in total. The molecule has 0 spiro atoms. The summed E-state index contributed by atoms with van der Waals surface area (Å²) in [6.07, 6.45) is -3.17. The molecule has 0 aliphatic heterocycles. The van der Waals surface area contributed by atoms with E-state index in [2.05, 4.69) is 15.3 Å². The Hall–Kier alpha value is -3.25. The monoisotopic (exact) mass is 402 g/mol. The Morgan fingerprint density at radius 2 is 2.07 bits per heavy atom. The maximum atomic E-state index is 13.3. The number of halogens is 3. The first kappa shape index (κ1) is 19.5. The zero-order valence-electron chi connectivity index (χ0n) is 14.5. The van der Waals surface area contributed by atoms with E-state index in [0.29, 0.717) is 10.6 Å². The normalized spacial score (nSPS) is 11.1. The second kappa shape index (κ2) is 7.78. The molecule has 0 radical (unpaired) electrons. The molecule has 0 fully saturated rings. The molecule has 1 aromatic carbocycles. The first-order chi connectivity index (χ1) is 13.3. The minimum atomic E-state index is -4.57. The van der Waals surface area contributed by atoms with Crippen LogP contribution in [0.15, 0.2) is 42.6 Å². The van der Waals surface area contributed by atoms with Crippen molar-refractivity contribution < 1.29 is 18.0 Å². The van der Waals surface area contributed by atoms with Crippen molar-refractivity contribution in [3.63, 3.8) is 0 Å². The summed E-state index contributed by atoms with van der Waals surface area (Å²) in [7, 11) is 0. The maximum absolute atomic E-state index is 13.3. The van der Waals surface area contributed by atoms with E-state index >= 15 is 0 Å². The Morgan fingerprint density at radius 3 is 2.75 bits per heavy atom. The van der Waals surface area contributed by atoms with Crippen LogP contribution < -0.4 is 5.32 Å². The van der Waals surface area contributed by atoms with Gasteiger partial charge in [0.15, 0.2) is 5.13 Å². The van der Waals surface area contributed by atoms with Crippen molar-refractivity contribution in [3.8, 4) is 6.07 Å². The van der Waals surface area contributed by atoms with E-state index in [1.54, 1.807) is 31.2 Å². The van der Waals surface area contributed by atoms with E-state index < -0.39 is 17.6 Å². The summed E-state index contributed by atoms with van der Waals surface area (Å²) in [6, 6.07) is 10.2. The minimum absolute atomic E-state index is 0.0171. The van der Waals surface area contributed by atoms with Gasteiger partial charge >= 0.3 is 6.18 Å². The number of nitrogens with one attached hydrogen (secondary N) is 1. The minimum Gasteiger partial charge on any atom is -0.296 e. The fourth-order valence-corrected chi connectivity index (χ4v) is 3.36. The number of carbonyl (C=O) groups is 1. The van der Waals surface area contributed by atoms with Gasteiger partial charge in [0, 0.05) is 23.2 Å². The van der Waals surface area contributed by atoms with Gasteiger partial charge in [-0.15, -0.1) is 11.3 Å². The second-order valence-corrected chi connectivity index (χ2v) is 7.02. The number of hydrogen-bond acceptors (Lipinski definition) is 5. The third-order valence-electron chi connectivity index (χ3n) is 3.80. The highest BCUT2D eigenvalue weighted by Gasteiger charge is 2.33. The van der Waals surface area contributed by atoms with Crippen molar-refractivity contribution in [2.24, 2.45) is 0 Å². The average molecular weight is 402 g/mol. The Morgan fingerprint density at radius 1 is 1.29 bits per heavy atom. The number of aromatic nitrogens is 2. The standard InChI is InChI=1S/C19H13F3N4OS/c1-11-3-2-4-16(25-11)17(27)26-18-24-10-14(28-18)8-13-6-5-12(9-23)7-15(13)19(20,21)22/h2-7,10H,8H2,1H3,(H,24,26,27). The number of alkyl halides is 3. The molecule has 0 saturated carbocycles. The van der Waals surface area contributed by atoms with E-state index in [1.807, 2.05) is 0 Å². The molecule has 9 heteroatoms. The van der Waals surface area contributed by atoms with Crippen LogP contribution in [0.1, 0.15) is 37.7 Å². The molecule has 2 aromatic heterocycles. The van der Waals surface area contributed by atoms with Crippen molar-refractivity contribution >= 4 is 22.4 Å². The number of amides is 1. The maximum Gasteiger partial charge on any atom is 0.416 e. The third-order valence-corrected chi connectivity index (χ3v) is 4.72. The number of aryl methyl sites for hydroxylation is 1. The number of hydrogen-bond donors (Lipinski definition) is 1. The largest absolute Gasteiger partial charge is 0.416 e. The molecule has 0 aliphatic carbocycles. The van der Waals surface area contributed by atoms with Gasteiger partial charge in [-0.05, 0) is 36.8 Å². The van der Waals surface area contributed by atoms with Crippen LogP contribution in [-0.2, 0) is 12.6 Å². The number of benzene rings is 1. The lowest BCUT2D eigenvalue weighted by atomic mass is 10.0. The number of thiazole rings is 1. The van der Waals surface area contributed by atoms with Crippen LogP contribution in [0, 0.1) is 18.3 Å². The first-order valence-corrected chi connectivity index (χ1v) is 8.88.